The third-order valence-corrected chi connectivity index (χ3v) is 2.88. The molecule has 1 heterocycles. The Morgan fingerprint density at radius 2 is 2.12 bits per heavy atom. The first-order chi connectivity index (χ1) is 8.04. The summed E-state index contributed by atoms with van der Waals surface area (Å²) in [5.41, 5.74) is 2.49. The van der Waals surface area contributed by atoms with E-state index in [1.54, 1.807) is 7.11 Å². The first kappa shape index (κ1) is 14.2. The lowest BCUT2D eigenvalue weighted by atomic mass is 10.1. The van der Waals surface area contributed by atoms with Crippen LogP contribution < -0.4 is 5.32 Å². The number of hydrogen-bond acceptors (Lipinski definition) is 3. The molecule has 1 aromatic rings. The summed E-state index contributed by atoms with van der Waals surface area (Å²) < 4.78 is 6.97. The summed E-state index contributed by atoms with van der Waals surface area (Å²) in [6.45, 7) is 8.23. The maximum Gasteiger partial charge on any atom is 0.0694 e. The molecule has 4 heteroatoms. The van der Waals surface area contributed by atoms with Gasteiger partial charge in [-0.3, -0.25) is 4.68 Å². The molecule has 0 saturated heterocycles. The van der Waals surface area contributed by atoms with Crippen LogP contribution in [0.2, 0.25) is 0 Å². The monoisotopic (exact) mass is 239 g/mol. The Bertz CT molecular complexity index is 333. The van der Waals surface area contributed by atoms with Crippen LogP contribution in [0.25, 0.3) is 0 Å². The van der Waals surface area contributed by atoms with Gasteiger partial charge in [0.25, 0.3) is 0 Å². The van der Waals surface area contributed by atoms with E-state index >= 15 is 0 Å². The number of nitrogens with one attached hydrogen (secondary N) is 1. The van der Waals surface area contributed by atoms with Crippen LogP contribution in [0.1, 0.15) is 44.4 Å². The van der Waals surface area contributed by atoms with Gasteiger partial charge in [-0.05, 0) is 19.3 Å². The summed E-state index contributed by atoms with van der Waals surface area (Å²) in [6.07, 6.45) is 3.14. The molecule has 0 aliphatic rings. The van der Waals surface area contributed by atoms with Gasteiger partial charge in [0.1, 0.15) is 0 Å². The van der Waals surface area contributed by atoms with Gasteiger partial charge in [0.2, 0.25) is 0 Å². The number of methoxy groups -OCH3 is 1. The number of nitrogens with zero attached hydrogens (tertiary/aromatic N) is 2. The van der Waals surface area contributed by atoms with Gasteiger partial charge in [-0.1, -0.05) is 13.8 Å². The maximum atomic E-state index is 5.07. The van der Waals surface area contributed by atoms with Crippen molar-refractivity contribution in [1.82, 2.24) is 15.1 Å². The summed E-state index contributed by atoms with van der Waals surface area (Å²) in [7, 11) is 3.72. The summed E-state index contributed by atoms with van der Waals surface area (Å²) in [5, 5.41) is 8.01. The quantitative estimate of drug-likeness (QED) is 0.791. The first-order valence-corrected chi connectivity index (χ1v) is 6.29. The van der Waals surface area contributed by atoms with Crippen LogP contribution in [0.4, 0.5) is 0 Å². The van der Waals surface area contributed by atoms with Gasteiger partial charge in [0, 0.05) is 45.1 Å². The molecule has 98 valence electrons. The summed E-state index contributed by atoms with van der Waals surface area (Å²) in [4.78, 5) is 0. The van der Waals surface area contributed by atoms with Crippen molar-refractivity contribution in [3.8, 4) is 0 Å². The predicted molar refractivity (Wildman–Crippen MR) is 70.1 cm³/mol. The molecule has 0 spiro atoms. The lowest BCUT2D eigenvalue weighted by Crippen LogP contribution is -2.27. The molecule has 0 aliphatic carbocycles. The second kappa shape index (κ2) is 6.77. The van der Waals surface area contributed by atoms with Crippen molar-refractivity contribution in [3.05, 3.63) is 17.5 Å². The number of ether oxygens (including phenoxy) is 1. The van der Waals surface area contributed by atoms with Crippen molar-refractivity contribution in [1.29, 1.82) is 0 Å². The Balaban J connectivity index is 2.50. The van der Waals surface area contributed by atoms with Crippen molar-refractivity contribution in [3.63, 3.8) is 0 Å². The zero-order valence-electron chi connectivity index (χ0n) is 11.7. The van der Waals surface area contributed by atoms with E-state index in [0.29, 0.717) is 12.0 Å². The van der Waals surface area contributed by atoms with Crippen LogP contribution >= 0.6 is 0 Å². The molecule has 1 aromatic heterocycles. The topological polar surface area (TPSA) is 39.1 Å². The molecule has 4 nitrogen and oxygen atoms in total. The molecule has 0 aromatic carbocycles. The third-order valence-electron chi connectivity index (χ3n) is 2.88. The second-order valence-corrected chi connectivity index (χ2v) is 4.93. The smallest absolute Gasteiger partial charge is 0.0694 e. The number of hydrogen-bond donors (Lipinski definition) is 1. The molecular formula is C13H25N3O. The third kappa shape index (κ3) is 4.48. The highest BCUT2D eigenvalue weighted by Gasteiger charge is 2.11. The molecule has 1 atom stereocenters. The van der Waals surface area contributed by atoms with Crippen molar-refractivity contribution in [2.75, 3.05) is 13.7 Å². The van der Waals surface area contributed by atoms with Gasteiger partial charge < -0.3 is 10.1 Å². The Hall–Kier alpha value is -0.870. The Kier molecular flexibility index (Phi) is 5.65. The molecular weight excluding hydrogens is 214 g/mol. The molecule has 17 heavy (non-hydrogen) atoms. The minimum atomic E-state index is 0.468. The van der Waals surface area contributed by atoms with E-state index < -0.39 is 0 Å². The SMILES string of the molecule is COCCC(C)NCc1cn(C)nc1C(C)C. The van der Waals surface area contributed by atoms with Crippen molar-refractivity contribution in [2.45, 2.75) is 45.7 Å². The fraction of sp³-hybridized carbons (Fsp3) is 0.769. The Morgan fingerprint density at radius 1 is 1.41 bits per heavy atom. The lowest BCUT2D eigenvalue weighted by molar-refractivity contribution is 0.184. The van der Waals surface area contributed by atoms with Gasteiger partial charge >= 0.3 is 0 Å². The molecule has 1 unspecified atom stereocenters. The van der Waals surface area contributed by atoms with Gasteiger partial charge in [0.15, 0.2) is 0 Å². The van der Waals surface area contributed by atoms with E-state index in [0.717, 1.165) is 19.6 Å². The van der Waals surface area contributed by atoms with E-state index in [4.69, 9.17) is 4.74 Å². The first-order valence-electron chi connectivity index (χ1n) is 6.29. The normalized spacial score (nSPS) is 13.3. The molecule has 0 amide bonds. The van der Waals surface area contributed by atoms with Gasteiger partial charge in [-0.15, -0.1) is 0 Å². The fourth-order valence-corrected chi connectivity index (χ4v) is 1.86. The highest BCUT2D eigenvalue weighted by atomic mass is 16.5. The van der Waals surface area contributed by atoms with Gasteiger partial charge in [-0.2, -0.15) is 5.10 Å². The zero-order chi connectivity index (χ0) is 12.8. The standard InChI is InChI=1S/C13H25N3O/c1-10(2)13-12(9-16(4)15-13)8-14-11(3)6-7-17-5/h9-11,14H,6-8H2,1-5H3. The maximum absolute atomic E-state index is 5.07. The van der Waals surface area contributed by atoms with Crippen molar-refractivity contribution < 1.29 is 4.74 Å². The van der Waals surface area contributed by atoms with Crippen LogP contribution in [-0.4, -0.2) is 29.5 Å². The van der Waals surface area contributed by atoms with E-state index in [9.17, 15) is 0 Å². The fourth-order valence-electron chi connectivity index (χ4n) is 1.86. The highest BCUT2D eigenvalue weighted by Crippen LogP contribution is 2.17. The Labute approximate surface area is 104 Å². The van der Waals surface area contributed by atoms with Crippen molar-refractivity contribution >= 4 is 0 Å². The van der Waals surface area contributed by atoms with Crippen LogP contribution in [-0.2, 0) is 18.3 Å². The van der Waals surface area contributed by atoms with Crippen LogP contribution in [0.3, 0.4) is 0 Å². The van der Waals surface area contributed by atoms with E-state index in [1.807, 2.05) is 11.7 Å². The minimum absolute atomic E-state index is 0.468. The van der Waals surface area contributed by atoms with E-state index in [2.05, 4.69) is 37.4 Å². The van der Waals surface area contributed by atoms with Crippen LogP contribution in [0, 0.1) is 0 Å². The lowest BCUT2D eigenvalue weighted by Gasteiger charge is -2.13. The summed E-state index contributed by atoms with van der Waals surface area (Å²) in [6, 6.07) is 0.468. The average Bonchev–Trinajstić information content (AvgIpc) is 2.65. The van der Waals surface area contributed by atoms with Crippen LogP contribution in [0.15, 0.2) is 6.20 Å². The van der Waals surface area contributed by atoms with Crippen molar-refractivity contribution in [2.24, 2.45) is 7.05 Å². The molecule has 1 N–H and O–H groups in total. The number of aromatic nitrogens is 2. The van der Waals surface area contributed by atoms with Gasteiger partial charge in [0.05, 0.1) is 5.69 Å². The molecule has 0 fully saturated rings. The number of aryl methyl sites for hydroxylation is 1. The minimum Gasteiger partial charge on any atom is -0.385 e. The largest absolute Gasteiger partial charge is 0.385 e. The van der Waals surface area contributed by atoms with E-state index in [1.165, 1.54) is 11.3 Å². The zero-order valence-corrected chi connectivity index (χ0v) is 11.7. The molecule has 0 saturated carbocycles. The average molecular weight is 239 g/mol. The predicted octanol–water partition coefficient (Wildman–Crippen LogP) is 2.06. The summed E-state index contributed by atoms with van der Waals surface area (Å²) >= 11 is 0. The van der Waals surface area contributed by atoms with E-state index in [-0.39, 0.29) is 0 Å². The van der Waals surface area contributed by atoms with Gasteiger partial charge in [-0.25, -0.2) is 0 Å². The number of rotatable bonds is 7. The molecule has 0 aliphatic heterocycles. The molecule has 1 rings (SSSR count). The highest BCUT2D eigenvalue weighted by molar-refractivity contribution is 5.20. The summed E-state index contributed by atoms with van der Waals surface area (Å²) in [5.74, 6) is 0.474. The second-order valence-electron chi connectivity index (χ2n) is 4.93. The Morgan fingerprint density at radius 3 is 2.71 bits per heavy atom. The molecule has 0 radical (unpaired) electrons. The molecule has 0 bridgehead atoms. The van der Waals surface area contributed by atoms with Crippen LogP contribution in [0.5, 0.6) is 0 Å².